The normalized spacial score (nSPS) is 19.1. The van der Waals surface area contributed by atoms with E-state index in [2.05, 4.69) is 10.3 Å². The summed E-state index contributed by atoms with van der Waals surface area (Å²) in [5.41, 5.74) is -0.196. The number of esters is 1. The van der Waals surface area contributed by atoms with Gasteiger partial charge in [-0.25, -0.2) is 18.0 Å². The van der Waals surface area contributed by atoms with Gasteiger partial charge in [-0.15, -0.1) is 11.8 Å². The second-order valence-electron chi connectivity index (χ2n) is 12.9. The van der Waals surface area contributed by atoms with E-state index >= 15 is 0 Å². The number of pyridine rings is 1. The summed E-state index contributed by atoms with van der Waals surface area (Å²) >= 11 is 1.32. The minimum absolute atomic E-state index is 0.0329. The molecule has 3 heterocycles. The van der Waals surface area contributed by atoms with Gasteiger partial charge in [0.05, 0.1) is 5.88 Å². The second kappa shape index (κ2) is 14.6. The van der Waals surface area contributed by atoms with E-state index in [-0.39, 0.29) is 23.1 Å². The van der Waals surface area contributed by atoms with Gasteiger partial charge in [-0.05, 0) is 64.4 Å². The third kappa shape index (κ3) is 9.02. The Labute approximate surface area is 280 Å². The molecule has 0 unspecified atom stereocenters. The zero-order valence-corrected chi connectivity index (χ0v) is 29.2. The molecule has 2 aliphatic heterocycles. The lowest BCUT2D eigenvalue weighted by atomic mass is 10.0. The highest BCUT2D eigenvalue weighted by Gasteiger charge is 2.51. The molecule has 0 spiro atoms. The molecular weight excluding hydrogens is 647 g/mol. The molecule has 0 bridgehead atoms. The first kappa shape index (κ1) is 36.2. The summed E-state index contributed by atoms with van der Waals surface area (Å²) in [7, 11) is -4.07. The molecule has 47 heavy (non-hydrogen) atoms. The smallest absolute Gasteiger partial charge is 0.415 e. The van der Waals surface area contributed by atoms with Crippen molar-refractivity contribution in [1.82, 2.24) is 24.4 Å². The molecule has 1 aromatic heterocycles. The summed E-state index contributed by atoms with van der Waals surface area (Å²) in [5, 5.41) is 2.78. The average molecular weight is 690 g/mol. The van der Waals surface area contributed by atoms with E-state index in [9.17, 15) is 27.6 Å². The third-order valence-corrected chi connectivity index (χ3v) is 11.1. The predicted octanol–water partition coefficient (Wildman–Crippen LogP) is 3.05. The first-order chi connectivity index (χ1) is 22.0. The van der Waals surface area contributed by atoms with Gasteiger partial charge >= 0.3 is 12.1 Å². The van der Waals surface area contributed by atoms with Crippen molar-refractivity contribution in [2.75, 3.05) is 32.1 Å². The van der Waals surface area contributed by atoms with Gasteiger partial charge < -0.3 is 24.6 Å². The minimum Gasteiger partial charge on any atom is -0.458 e. The van der Waals surface area contributed by atoms with Crippen LogP contribution in [0.3, 0.4) is 0 Å². The number of nitrogens with zero attached hydrogens (tertiary/aromatic N) is 4. The molecule has 3 amide bonds. The summed E-state index contributed by atoms with van der Waals surface area (Å²) in [5.74, 6) is -0.912. The molecule has 2 aliphatic rings. The molecule has 15 heteroatoms. The lowest BCUT2D eigenvalue weighted by Gasteiger charge is -2.33. The zero-order chi connectivity index (χ0) is 34.6. The van der Waals surface area contributed by atoms with Crippen LogP contribution >= 0.6 is 11.8 Å². The molecule has 2 saturated heterocycles. The molecular formula is C32H43N5O8S2. The van der Waals surface area contributed by atoms with Crippen LogP contribution in [-0.2, 0) is 35.6 Å². The van der Waals surface area contributed by atoms with Crippen molar-refractivity contribution < 1.29 is 37.1 Å². The fourth-order valence-corrected chi connectivity index (χ4v) is 8.43. The van der Waals surface area contributed by atoms with Crippen LogP contribution in [0.4, 0.5) is 4.79 Å². The zero-order valence-electron chi connectivity index (χ0n) is 27.6. The van der Waals surface area contributed by atoms with E-state index in [4.69, 9.17) is 9.47 Å². The van der Waals surface area contributed by atoms with Crippen molar-refractivity contribution in [2.45, 2.75) is 81.7 Å². The Hall–Kier alpha value is -3.69. The number of aromatic nitrogens is 1. The first-order valence-electron chi connectivity index (χ1n) is 15.4. The number of sulfonamides is 1. The Bertz CT molecular complexity index is 1550. The van der Waals surface area contributed by atoms with Crippen LogP contribution in [0, 0.1) is 0 Å². The Morgan fingerprint density at radius 3 is 2.26 bits per heavy atom. The van der Waals surface area contributed by atoms with Gasteiger partial charge in [0.2, 0.25) is 21.8 Å². The Morgan fingerprint density at radius 1 is 1.04 bits per heavy atom. The Morgan fingerprint density at radius 2 is 1.68 bits per heavy atom. The van der Waals surface area contributed by atoms with Gasteiger partial charge in [-0.2, -0.15) is 4.31 Å². The molecule has 1 N–H and O–H groups in total. The molecule has 2 fully saturated rings. The van der Waals surface area contributed by atoms with Crippen molar-refractivity contribution in [1.29, 1.82) is 0 Å². The highest BCUT2D eigenvalue weighted by atomic mass is 32.2. The number of carbonyl (C=O) groups excluding carboxylic acids is 4. The Kier molecular flexibility index (Phi) is 11.2. The fraction of sp³-hybridized carbons (Fsp3) is 0.531. The van der Waals surface area contributed by atoms with Crippen LogP contribution in [0.5, 0.6) is 5.75 Å². The van der Waals surface area contributed by atoms with Crippen LogP contribution < -0.4 is 10.1 Å². The molecule has 2 atom stereocenters. The maximum absolute atomic E-state index is 13.9. The van der Waals surface area contributed by atoms with Crippen LogP contribution in [0.1, 0.15) is 53.5 Å². The number of rotatable bonds is 9. The SMILES string of the molecule is CCC(=O)N1CCN(C(=O)Oc2ccc(C[C@H](NC(=O)[C@H]3N(S(=O)(=O)c4cccnc4)CSC3(C)C)C(=O)OC(C)(C)C)cc2)CC1. The maximum Gasteiger partial charge on any atom is 0.415 e. The average Bonchev–Trinajstić information content (AvgIpc) is 3.36. The second-order valence-corrected chi connectivity index (χ2v) is 16.4. The molecule has 4 rings (SSSR count). The van der Waals surface area contributed by atoms with E-state index in [1.165, 1.54) is 36.3 Å². The molecule has 256 valence electrons. The maximum atomic E-state index is 13.9. The first-order valence-corrected chi connectivity index (χ1v) is 17.9. The summed E-state index contributed by atoms with van der Waals surface area (Å²) in [4.78, 5) is 59.1. The minimum atomic E-state index is -4.07. The van der Waals surface area contributed by atoms with Crippen molar-refractivity contribution in [3.8, 4) is 5.75 Å². The van der Waals surface area contributed by atoms with Gasteiger partial charge in [0.1, 0.15) is 28.3 Å². The van der Waals surface area contributed by atoms with Gasteiger partial charge in [-0.1, -0.05) is 19.1 Å². The van der Waals surface area contributed by atoms with Gasteiger partial charge in [0.25, 0.3) is 0 Å². The monoisotopic (exact) mass is 689 g/mol. The third-order valence-electron chi connectivity index (χ3n) is 7.77. The Balaban J connectivity index is 1.47. The number of piperazine rings is 1. The highest BCUT2D eigenvalue weighted by molar-refractivity contribution is 8.02. The summed E-state index contributed by atoms with van der Waals surface area (Å²) < 4.78 is 38.6. The van der Waals surface area contributed by atoms with E-state index in [0.717, 1.165) is 4.31 Å². The van der Waals surface area contributed by atoms with Crippen molar-refractivity contribution in [2.24, 2.45) is 0 Å². The number of carbonyl (C=O) groups is 4. The van der Waals surface area contributed by atoms with Crippen molar-refractivity contribution in [3.63, 3.8) is 0 Å². The highest BCUT2D eigenvalue weighted by Crippen LogP contribution is 2.42. The van der Waals surface area contributed by atoms with Crippen LogP contribution in [0.25, 0.3) is 0 Å². The topological polar surface area (TPSA) is 156 Å². The number of hydrogen-bond acceptors (Lipinski definition) is 10. The number of hydrogen-bond donors (Lipinski definition) is 1. The molecule has 0 aliphatic carbocycles. The number of thioether (sulfide) groups is 1. The number of amides is 3. The molecule has 13 nitrogen and oxygen atoms in total. The molecule has 2 aromatic rings. The number of ether oxygens (including phenoxy) is 2. The molecule has 0 saturated carbocycles. The van der Waals surface area contributed by atoms with Gasteiger partial charge in [0, 0.05) is 56.2 Å². The van der Waals surface area contributed by atoms with E-state index < -0.39 is 50.4 Å². The predicted molar refractivity (Wildman–Crippen MR) is 176 cm³/mol. The summed E-state index contributed by atoms with van der Waals surface area (Å²) in [6, 6.07) is 7.23. The van der Waals surface area contributed by atoms with Crippen LogP contribution in [0.2, 0.25) is 0 Å². The fourth-order valence-electron chi connectivity index (χ4n) is 5.29. The standard InChI is InChI=1S/C32H43N5O8S2/c1-7-26(38)35-15-17-36(18-16-35)30(41)44-23-12-10-22(11-13-23)19-25(29(40)45-31(2,3)4)34-28(39)27-32(5,6)46-21-37(27)47(42,43)24-9-8-14-33-20-24/h8-14,20,25,27H,7,15-19,21H2,1-6H3,(H,34,39)/t25-,27+/m0/s1. The van der Waals surface area contributed by atoms with Gasteiger partial charge in [0.15, 0.2) is 0 Å². The quantitative estimate of drug-likeness (QED) is 0.389. The van der Waals surface area contributed by atoms with Crippen LogP contribution in [-0.4, -0.2) is 106 Å². The van der Waals surface area contributed by atoms with Gasteiger partial charge in [-0.3, -0.25) is 14.6 Å². The van der Waals surface area contributed by atoms with Crippen molar-refractivity contribution >= 4 is 45.7 Å². The summed E-state index contributed by atoms with van der Waals surface area (Å²) in [6.07, 6.45) is 2.63. The largest absolute Gasteiger partial charge is 0.458 e. The number of nitrogens with one attached hydrogen (secondary N) is 1. The van der Waals surface area contributed by atoms with Crippen LogP contribution in [0.15, 0.2) is 53.7 Å². The molecule has 0 radical (unpaired) electrons. The van der Waals surface area contributed by atoms with E-state index in [0.29, 0.717) is 43.9 Å². The summed E-state index contributed by atoms with van der Waals surface area (Å²) in [6.45, 7) is 12.2. The van der Waals surface area contributed by atoms with Crippen molar-refractivity contribution in [3.05, 3.63) is 54.4 Å². The lowest BCUT2D eigenvalue weighted by Crippen LogP contribution is -2.57. The van der Waals surface area contributed by atoms with E-state index in [1.54, 1.807) is 75.6 Å². The lowest BCUT2D eigenvalue weighted by molar-refractivity contribution is -0.158. The number of benzene rings is 1. The van der Waals surface area contributed by atoms with E-state index in [1.807, 2.05) is 0 Å². The molecule has 1 aromatic carbocycles.